The number of morpholine rings is 1. The van der Waals surface area contributed by atoms with Crippen molar-refractivity contribution in [1.29, 1.82) is 0 Å². The Bertz CT molecular complexity index is 269. The molecule has 0 aromatic rings. The van der Waals surface area contributed by atoms with Crippen molar-refractivity contribution in [1.82, 2.24) is 10.2 Å². The number of hydrogen-bond acceptors (Lipinski definition) is 4. The van der Waals surface area contributed by atoms with E-state index in [1.54, 1.807) is 0 Å². The molecule has 0 amide bonds. The molecule has 0 spiro atoms. The molecular formula is C14H28N2O2. The molecule has 0 aromatic heterocycles. The standard InChI is InChI=1S/C14H28N2O2/c1-11(2)15-14(10-17,13-4-5-13)9-16-6-7-18-8-12(16)3/h11-13,15,17H,4-10H2,1-3H3. The molecule has 2 aliphatic rings. The van der Waals surface area contributed by atoms with Crippen molar-refractivity contribution in [3.63, 3.8) is 0 Å². The third-order valence-corrected chi connectivity index (χ3v) is 4.21. The smallest absolute Gasteiger partial charge is 0.0628 e. The van der Waals surface area contributed by atoms with Gasteiger partial charge in [0.05, 0.1) is 25.4 Å². The Balaban J connectivity index is 2.03. The van der Waals surface area contributed by atoms with E-state index in [9.17, 15) is 5.11 Å². The maximum atomic E-state index is 9.93. The number of aliphatic hydroxyl groups excluding tert-OH is 1. The van der Waals surface area contributed by atoms with Crippen LogP contribution in [-0.4, -0.2) is 60.5 Å². The molecule has 4 nitrogen and oxygen atoms in total. The topological polar surface area (TPSA) is 44.7 Å². The average molecular weight is 256 g/mol. The van der Waals surface area contributed by atoms with Crippen LogP contribution in [0.15, 0.2) is 0 Å². The molecule has 106 valence electrons. The predicted octanol–water partition coefficient (Wildman–Crippen LogP) is 0.846. The van der Waals surface area contributed by atoms with Gasteiger partial charge in [-0.15, -0.1) is 0 Å². The van der Waals surface area contributed by atoms with Crippen LogP contribution in [0.4, 0.5) is 0 Å². The van der Waals surface area contributed by atoms with Crippen LogP contribution in [-0.2, 0) is 4.74 Å². The zero-order valence-electron chi connectivity index (χ0n) is 12.0. The molecule has 1 saturated heterocycles. The highest BCUT2D eigenvalue weighted by Crippen LogP contribution is 2.40. The summed E-state index contributed by atoms with van der Waals surface area (Å²) < 4.78 is 5.49. The SMILES string of the molecule is CC(C)NC(CO)(CN1CCOCC1C)C1CC1. The van der Waals surface area contributed by atoms with Gasteiger partial charge in [0.2, 0.25) is 0 Å². The van der Waals surface area contributed by atoms with E-state index >= 15 is 0 Å². The molecule has 2 atom stereocenters. The second-order valence-electron chi connectivity index (χ2n) is 6.28. The second-order valence-corrected chi connectivity index (χ2v) is 6.28. The van der Waals surface area contributed by atoms with Gasteiger partial charge in [-0.25, -0.2) is 0 Å². The lowest BCUT2D eigenvalue weighted by molar-refractivity contribution is -0.0251. The van der Waals surface area contributed by atoms with Crippen LogP contribution in [0.2, 0.25) is 0 Å². The largest absolute Gasteiger partial charge is 0.394 e. The summed E-state index contributed by atoms with van der Waals surface area (Å²) in [5.41, 5.74) is -0.111. The molecule has 2 unspecified atom stereocenters. The van der Waals surface area contributed by atoms with Crippen molar-refractivity contribution in [2.24, 2.45) is 5.92 Å². The molecule has 1 aliphatic carbocycles. The fraction of sp³-hybridized carbons (Fsp3) is 1.00. The van der Waals surface area contributed by atoms with E-state index in [4.69, 9.17) is 4.74 Å². The molecule has 2 fully saturated rings. The molecule has 1 aliphatic heterocycles. The lowest BCUT2D eigenvalue weighted by atomic mass is 9.91. The zero-order chi connectivity index (χ0) is 13.2. The highest BCUT2D eigenvalue weighted by molar-refractivity contribution is 5.04. The summed E-state index contributed by atoms with van der Waals surface area (Å²) in [6.07, 6.45) is 2.50. The Kier molecular flexibility index (Phi) is 4.64. The molecule has 2 N–H and O–H groups in total. The minimum atomic E-state index is -0.111. The summed E-state index contributed by atoms with van der Waals surface area (Å²) in [6, 6.07) is 0.867. The highest BCUT2D eigenvalue weighted by Gasteiger charge is 2.46. The number of nitrogens with one attached hydrogen (secondary N) is 1. The van der Waals surface area contributed by atoms with E-state index < -0.39 is 0 Å². The first-order valence-electron chi connectivity index (χ1n) is 7.28. The van der Waals surface area contributed by atoms with Crippen molar-refractivity contribution in [3.8, 4) is 0 Å². The van der Waals surface area contributed by atoms with Gasteiger partial charge in [-0.2, -0.15) is 0 Å². The third-order valence-electron chi connectivity index (χ3n) is 4.21. The Morgan fingerprint density at radius 3 is 2.67 bits per heavy atom. The summed E-state index contributed by atoms with van der Waals surface area (Å²) in [5.74, 6) is 0.639. The average Bonchev–Trinajstić information content (AvgIpc) is 3.14. The van der Waals surface area contributed by atoms with Gasteiger partial charge < -0.3 is 15.2 Å². The number of nitrogens with zero attached hydrogens (tertiary/aromatic N) is 1. The quantitative estimate of drug-likeness (QED) is 0.739. The van der Waals surface area contributed by atoms with Gasteiger partial charge in [-0.3, -0.25) is 4.90 Å². The van der Waals surface area contributed by atoms with Crippen molar-refractivity contribution in [2.75, 3.05) is 32.9 Å². The number of hydrogen-bond donors (Lipinski definition) is 2. The van der Waals surface area contributed by atoms with Crippen molar-refractivity contribution in [3.05, 3.63) is 0 Å². The minimum Gasteiger partial charge on any atom is -0.394 e. The Morgan fingerprint density at radius 2 is 2.17 bits per heavy atom. The lowest BCUT2D eigenvalue weighted by Crippen LogP contribution is -2.62. The highest BCUT2D eigenvalue weighted by atomic mass is 16.5. The normalized spacial score (nSPS) is 29.5. The van der Waals surface area contributed by atoms with Gasteiger partial charge in [0, 0.05) is 25.2 Å². The molecule has 0 radical (unpaired) electrons. The Hall–Kier alpha value is -0.160. The van der Waals surface area contributed by atoms with E-state index in [0.717, 1.165) is 26.3 Å². The summed E-state index contributed by atoms with van der Waals surface area (Å²) in [7, 11) is 0. The number of ether oxygens (including phenoxy) is 1. The molecule has 18 heavy (non-hydrogen) atoms. The maximum absolute atomic E-state index is 9.93. The zero-order valence-corrected chi connectivity index (χ0v) is 12.0. The summed E-state index contributed by atoms with van der Waals surface area (Å²) >= 11 is 0. The van der Waals surface area contributed by atoms with Crippen LogP contribution in [0, 0.1) is 5.92 Å². The van der Waals surface area contributed by atoms with Crippen LogP contribution in [0.25, 0.3) is 0 Å². The van der Waals surface area contributed by atoms with E-state index in [-0.39, 0.29) is 12.1 Å². The first-order chi connectivity index (χ1) is 8.57. The van der Waals surface area contributed by atoms with Gasteiger partial charge in [0.15, 0.2) is 0 Å². The second kappa shape index (κ2) is 5.87. The van der Waals surface area contributed by atoms with Gasteiger partial charge in [-0.1, -0.05) is 13.8 Å². The summed E-state index contributed by atoms with van der Waals surface area (Å²) in [5, 5.41) is 13.6. The monoisotopic (exact) mass is 256 g/mol. The maximum Gasteiger partial charge on any atom is 0.0628 e. The van der Waals surface area contributed by atoms with Crippen molar-refractivity contribution < 1.29 is 9.84 Å². The van der Waals surface area contributed by atoms with E-state index in [0.29, 0.717) is 18.0 Å². The van der Waals surface area contributed by atoms with Crippen LogP contribution < -0.4 is 5.32 Å². The van der Waals surface area contributed by atoms with Crippen LogP contribution >= 0.6 is 0 Å². The number of rotatable bonds is 6. The van der Waals surface area contributed by atoms with Gasteiger partial charge in [0.1, 0.15) is 0 Å². The fourth-order valence-electron chi connectivity index (χ4n) is 3.09. The Labute approximate surface area is 111 Å². The van der Waals surface area contributed by atoms with E-state index in [1.807, 2.05) is 0 Å². The molecule has 1 saturated carbocycles. The van der Waals surface area contributed by atoms with Gasteiger partial charge >= 0.3 is 0 Å². The molecule has 0 bridgehead atoms. The molecule has 0 aromatic carbocycles. The molecule has 4 heteroatoms. The first kappa shape index (κ1) is 14.3. The lowest BCUT2D eigenvalue weighted by Gasteiger charge is -2.43. The van der Waals surface area contributed by atoms with Gasteiger partial charge in [0.25, 0.3) is 0 Å². The van der Waals surface area contributed by atoms with Crippen LogP contribution in [0.3, 0.4) is 0 Å². The summed E-state index contributed by atoms with van der Waals surface area (Å²) in [6.45, 7) is 10.3. The fourth-order valence-corrected chi connectivity index (χ4v) is 3.09. The van der Waals surface area contributed by atoms with Crippen molar-refractivity contribution in [2.45, 2.75) is 51.2 Å². The van der Waals surface area contributed by atoms with Crippen LogP contribution in [0.1, 0.15) is 33.6 Å². The van der Waals surface area contributed by atoms with Crippen molar-refractivity contribution >= 4 is 0 Å². The Morgan fingerprint density at radius 1 is 1.44 bits per heavy atom. The van der Waals surface area contributed by atoms with E-state index in [2.05, 4.69) is 31.0 Å². The molecule has 2 rings (SSSR count). The first-order valence-corrected chi connectivity index (χ1v) is 7.28. The molecule has 1 heterocycles. The molecular weight excluding hydrogens is 228 g/mol. The van der Waals surface area contributed by atoms with E-state index in [1.165, 1.54) is 12.8 Å². The minimum absolute atomic E-state index is 0.111. The third kappa shape index (κ3) is 3.23. The predicted molar refractivity (Wildman–Crippen MR) is 72.7 cm³/mol. The number of aliphatic hydroxyl groups is 1. The van der Waals surface area contributed by atoms with Crippen LogP contribution in [0.5, 0.6) is 0 Å². The van der Waals surface area contributed by atoms with Gasteiger partial charge in [-0.05, 0) is 25.7 Å². The summed E-state index contributed by atoms with van der Waals surface area (Å²) in [4.78, 5) is 2.47.